The van der Waals surface area contributed by atoms with Gasteiger partial charge in [0.1, 0.15) is 11.2 Å². The molecule has 0 unspecified atom stereocenters. The van der Waals surface area contributed by atoms with Crippen molar-refractivity contribution in [1.29, 1.82) is 0 Å². The summed E-state index contributed by atoms with van der Waals surface area (Å²) in [6.45, 7) is 11.1. The van der Waals surface area contributed by atoms with E-state index < -0.39 is 34.0 Å². The summed E-state index contributed by atoms with van der Waals surface area (Å²) in [5.74, 6) is 0. The number of thioether (sulfide) groups is 1. The number of hydrogen-bond donors (Lipinski definition) is 1. The van der Waals surface area contributed by atoms with Crippen LogP contribution >= 0.6 is 11.8 Å². The van der Waals surface area contributed by atoms with Gasteiger partial charge >= 0.3 is 11.4 Å². The maximum absolute atomic E-state index is 11.9. The SMILES string of the molecule is CC(C)(C)OC(=O)S[C@@H]1CN(C(=O)OC(C)(C)C)C[C@H]1O. The molecule has 0 saturated carbocycles. The standard InChI is InChI=1S/C14H25NO5S/c1-13(2,3)19-11(17)15-7-9(16)10(8-15)21-12(18)20-14(4,5)6/h9-10,16H,7-8H2,1-6H3/t9-,10-/m1/s1. The van der Waals surface area contributed by atoms with E-state index in [1.54, 1.807) is 41.5 Å². The molecule has 0 aliphatic carbocycles. The Morgan fingerprint density at radius 2 is 1.57 bits per heavy atom. The van der Waals surface area contributed by atoms with Crippen LogP contribution in [0.3, 0.4) is 0 Å². The van der Waals surface area contributed by atoms with Crippen molar-refractivity contribution < 1.29 is 24.2 Å². The predicted octanol–water partition coefficient (Wildman–Crippen LogP) is 2.63. The maximum Gasteiger partial charge on any atom is 0.410 e. The fraction of sp³-hybridized carbons (Fsp3) is 0.857. The van der Waals surface area contributed by atoms with Crippen LogP contribution in [0.5, 0.6) is 0 Å². The predicted molar refractivity (Wildman–Crippen MR) is 81.4 cm³/mol. The van der Waals surface area contributed by atoms with Crippen molar-refractivity contribution in [3.63, 3.8) is 0 Å². The number of hydrogen-bond acceptors (Lipinski definition) is 6. The molecular weight excluding hydrogens is 294 g/mol. The zero-order chi connectivity index (χ0) is 16.4. The first-order valence-corrected chi connectivity index (χ1v) is 7.81. The lowest BCUT2D eigenvalue weighted by atomic mass is 10.2. The summed E-state index contributed by atoms with van der Waals surface area (Å²) in [6, 6.07) is 0. The van der Waals surface area contributed by atoms with Crippen molar-refractivity contribution in [2.24, 2.45) is 0 Å². The van der Waals surface area contributed by atoms with E-state index in [1.165, 1.54) is 4.90 Å². The van der Waals surface area contributed by atoms with Crippen LogP contribution in [0, 0.1) is 0 Å². The molecule has 1 aliphatic heterocycles. The average Bonchev–Trinajstić information content (AvgIpc) is 2.54. The zero-order valence-corrected chi connectivity index (χ0v) is 14.3. The second-order valence-electron chi connectivity index (χ2n) is 7.07. The van der Waals surface area contributed by atoms with Gasteiger partial charge in [0.05, 0.1) is 17.9 Å². The van der Waals surface area contributed by atoms with Gasteiger partial charge in [0.25, 0.3) is 0 Å². The van der Waals surface area contributed by atoms with Gasteiger partial charge in [0, 0.05) is 6.54 Å². The van der Waals surface area contributed by atoms with E-state index in [1.807, 2.05) is 0 Å². The van der Waals surface area contributed by atoms with E-state index in [9.17, 15) is 14.7 Å². The highest BCUT2D eigenvalue weighted by atomic mass is 32.2. The highest BCUT2D eigenvalue weighted by Crippen LogP contribution is 2.27. The van der Waals surface area contributed by atoms with Crippen LogP contribution in [0.25, 0.3) is 0 Å². The van der Waals surface area contributed by atoms with Gasteiger partial charge in [-0.25, -0.2) is 9.59 Å². The van der Waals surface area contributed by atoms with E-state index in [0.29, 0.717) is 0 Å². The van der Waals surface area contributed by atoms with Gasteiger partial charge in [-0.05, 0) is 53.3 Å². The molecule has 0 radical (unpaired) electrons. The number of amides is 1. The molecule has 1 aliphatic rings. The molecule has 1 rings (SSSR count). The molecular formula is C14H25NO5S. The Kier molecular flexibility index (Phi) is 5.55. The van der Waals surface area contributed by atoms with Gasteiger partial charge in [-0.1, -0.05) is 0 Å². The number of ether oxygens (including phenoxy) is 2. The first-order chi connectivity index (χ1) is 9.37. The highest BCUT2D eigenvalue weighted by molar-refractivity contribution is 8.13. The molecule has 122 valence electrons. The van der Waals surface area contributed by atoms with Crippen LogP contribution in [-0.2, 0) is 9.47 Å². The van der Waals surface area contributed by atoms with E-state index in [2.05, 4.69) is 0 Å². The number of rotatable bonds is 1. The summed E-state index contributed by atoms with van der Waals surface area (Å²) in [6.07, 6.45) is -1.25. The number of carbonyl (C=O) groups excluding carboxylic acids is 2. The highest BCUT2D eigenvalue weighted by Gasteiger charge is 2.38. The van der Waals surface area contributed by atoms with E-state index >= 15 is 0 Å². The van der Waals surface area contributed by atoms with Gasteiger partial charge < -0.3 is 19.5 Å². The molecule has 0 bridgehead atoms. The van der Waals surface area contributed by atoms with Crippen LogP contribution < -0.4 is 0 Å². The van der Waals surface area contributed by atoms with Crippen molar-refractivity contribution in [1.82, 2.24) is 4.90 Å². The first-order valence-electron chi connectivity index (χ1n) is 6.93. The lowest BCUT2D eigenvalue weighted by Crippen LogP contribution is -2.36. The van der Waals surface area contributed by atoms with Crippen molar-refractivity contribution in [3.8, 4) is 0 Å². The Labute approximate surface area is 130 Å². The van der Waals surface area contributed by atoms with Gasteiger partial charge in [-0.2, -0.15) is 0 Å². The Balaban J connectivity index is 2.53. The number of β-amino-alcohol motifs (C(OH)–C–C–N with tert-alkyl or cyclic N) is 1. The molecule has 1 heterocycles. The van der Waals surface area contributed by atoms with Crippen LogP contribution in [-0.4, -0.2) is 57.0 Å². The van der Waals surface area contributed by atoms with Crippen LogP contribution in [0.1, 0.15) is 41.5 Å². The lowest BCUT2D eigenvalue weighted by molar-refractivity contribution is 0.0270. The molecule has 1 saturated heterocycles. The fourth-order valence-electron chi connectivity index (χ4n) is 1.75. The summed E-state index contributed by atoms with van der Waals surface area (Å²) in [5, 5.41) is 9.13. The van der Waals surface area contributed by atoms with Crippen LogP contribution in [0.2, 0.25) is 0 Å². The van der Waals surface area contributed by atoms with Crippen molar-refractivity contribution in [2.45, 2.75) is 64.1 Å². The summed E-state index contributed by atoms with van der Waals surface area (Å²) in [4.78, 5) is 25.1. The summed E-state index contributed by atoms with van der Waals surface area (Å²) < 4.78 is 10.5. The molecule has 2 atom stereocenters. The van der Waals surface area contributed by atoms with E-state index in [-0.39, 0.29) is 13.1 Å². The molecule has 1 amide bonds. The number of nitrogens with zero attached hydrogens (tertiary/aromatic N) is 1. The first kappa shape index (κ1) is 18.1. The summed E-state index contributed by atoms with van der Waals surface area (Å²) >= 11 is 0.921. The second-order valence-corrected chi connectivity index (χ2v) is 8.25. The normalized spacial score (nSPS) is 23.1. The average molecular weight is 319 g/mol. The van der Waals surface area contributed by atoms with Gasteiger partial charge in [-0.3, -0.25) is 0 Å². The third-order valence-electron chi connectivity index (χ3n) is 2.53. The largest absolute Gasteiger partial charge is 0.452 e. The molecule has 1 fully saturated rings. The molecule has 21 heavy (non-hydrogen) atoms. The maximum atomic E-state index is 11.9. The fourth-order valence-corrected chi connectivity index (χ4v) is 2.79. The molecule has 0 aromatic carbocycles. The second kappa shape index (κ2) is 6.44. The van der Waals surface area contributed by atoms with E-state index in [0.717, 1.165) is 11.8 Å². The van der Waals surface area contributed by atoms with Crippen LogP contribution in [0.15, 0.2) is 0 Å². The molecule has 7 heteroatoms. The minimum Gasteiger partial charge on any atom is -0.452 e. The molecule has 6 nitrogen and oxygen atoms in total. The Hall–Kier alpha value is -0.950. The van der Waals surface area contributed by atoms with Crippen molar-refractivity contribution >= 4 is 23.2 Å². The number of carbonyl (C=O) groups is 2. The summed E-state index contributed by atoms with van der Waals surface area (Å²) in [5.41, 5.74) is -1.16. The summed E-state index contributed by atoms with van der Waals surface area (Å²) in [7, 11) is 0. The number of aliphatic hydroxyl groups excluding tert-OH is 1. The smallest absolute Gasteiger partial charge is 0.410 e. The van der Waals surface area contributed by atoms with Gasteiger partial charge in [0.2, 0.25) is 0 Å². The molecule has 0 aromatic rings. The topological polar surface area (TPSA) is 76.1 Å². The van der Waals surface area contributed by atoms with Gasteiger partial charge in [0.15, 0.2) is 0 Å². The van der Waals surface area contributed by atoms with E-state index in [4.69, 9.17) is 9.47 Å². The Bertz CT molecular complexity index is 399. The third kappa shape index (κ3) is 6.56. The third-order valence-corrected chi connectivity index (χ3v) is 3.57. The van der Waals surface area contributed by atoms with Crippen molar-refractivity contribution in [2.75, 3.05) is 13.1 Å². The van der Waals surface area contributed by atoms with Crippen LogP contribution in [0.4, 0.5) is 9.59 Å². The minimum absolute atomic E-state index is 0.162. The Morgan fingerprint density at radius 3 is 2.05 bits per heavy atom. The van der Waals surface area contributed by atoms with Gasteiger partial charge in [-0.15, -0.1) is 0 Å². The number of likely N-dealkylation sites (tertiary alicyclic amines) is 1. The Morgan fingerprint density at radius 1 is 1.05 bits per heavy atom. The molecule has 0 spiro atoms. The number of aliphatic hydroxyl groups is 1. The minimum atomic E-state index is -0.768. The zero-order valence-electron chi connectivity index (χ0n) is 13.5. The quantitative estimate of drug-likeness (QED) is 0.749. The monoisotopic (exact) mass is 319 g/mol. The lowest BCUT2D eigenvalue weighted by Gasteiger charge is -2.24. The molecule has 1 N–H and O–H groups in total. The molecule has 0 aromatic heterocycles. The van der Waals surface area contributed by atoms with Crippen molar-refractivity contribution in [3.05, 3.63) is 0 Å².